The van der Waals surface area contributed by atoms with Gasteiger partial charge in [-0.15, -0.1) is 10.2 Å². The second kappa shape index (κ2) is 11.2. The van der Waals surface area contributed by atoms with Crippen LogP contribution in [-0.2, 0) is 13.1 Å². The van der Waals surface area contributed by atoms with Crippen LogP contribution in [0.2, 0.25) is 10.0 Å². The molecule has 3 N–H and O–H groups in total. The number of anilines is 1. The maximum atomic E-state index is 13.2. The lowest BCUT2D eigenvalue weighted by molar-refractivity contribution is -0.207. The summed E-state index contributed by atoms with van der Waals surface area (Å²) in [6, 6.07) is 12.8. The minimum Gasteiger partial charge on any atom is -0.392 e. The van der Waals surface area contributed by atoms with Crippen LogP contribution in [0.15, 0.2) is 53.3 Å². The van der Waals surface area contributed by atoms with Crippen LogP contribution in [0.4, 0.5) is 19.1 Å². The van der Waals surface area contributed by atoms with Crippen molar-refractivity contribution in [3.63, 3.8) is 0 Å². The molecule has 0 bridgehead atoms. The largest absolute Gasteiger partial charge is 0.416 e. The number of rotatable bonds is 9. The molecule has 38 heavy (non-hydrogen) atoms. The number of nitrogens with zero attached hydrogens (tertiary/aromatic N) is 6. The Morgan fingerprint density at radius 1 is 1.05 bits per heavy atom. The summed E-state index contributed by atoms with van der Waals surface area (Å²) in [4.78, 5) is 17.5. The molecule has 0 aliphatic rings. The van der Waals surface area contributed by atoms with E-state index in [4.69, 9.17) is 23.2 Å². The number of alkyl halides is 3. The lowest BCUT2D eigenvalue weighted by atomic mass is 10.2. The van der Waals surface area contributed by atoms with Gasteiger partial charge in [-0.05, 0) is 43.3 Å². The van der Waals surface area contributed by atoms with Crippen molar-refractivity contribution in [1.29, 1.82) is 0 Å². The minimum atomic E-state index is -4.95. The number of hydrogen-bond donors (Lipinski definition) is 3. The molecule has 4 rings (SSSR count). The zero-order valence-electron chi connectivity index (χ0n) is 19.8. The molecule has 2 heterocycles. The van der Waals surface area contributed by atoms with Crippen molar-refractivity contribution in [1.82, 2.24) is 29.1 Å². The van der Waals surface area contributed by atoms with E-state index in [-0.39, 0.29) is 30.7 Å². The second-order valence-corrected chi connectivity index (χ2v) is 9.23. The summed E-state index contributed by atoms with van der Waals surface area (Å²) in [5, 5.41) is 31.6. The average Bonchev–Trinajstić information content (AvgIpc) is 3.39. The Bertz CT molecular complexity index is 1470. The number of para-hydroxylation sites is 1. The predicted octanol–water partition coefficient (Wildman–Crippen LogP) is 3.36. The summed E-state index contributed by atoms with van der Waals surface area (Å²) in [6.45, 7) is 0.329. The number of benzene rings is 2. The first-order chi connectivity index (χ1) is 17.9. The fourth-order valence-electron chi connectivity index (χ4n) is 3.50. The minimum absolute atomic E-state index is 0.0868. The number of halogens is 5. The van der Waals surface area contributed by atoms with E-state index < -0.39 is 30.6 Å². The Balaban J connectivity index is 1.76. The van der Waals surface area contributed by atoms with E-state index in [1.54, 1.807) is 31.2 Å². The highest BCUT2D eigenvalue weighted by atomic mass is 35.5. The average molecular weight is 572 g/mol. The molecule has 0 radical (unpaired) electrons. The Morgan fingerprint density at radius 2 is 1.74 bits per heavy atom. The third-order valence-electron chi connectivity index (χ3n) is 5.34. The van der Waals surface area contributed by atoms with Crippen molar-refractivity contribution in [3.05, 3.63) is 74.9 Å². The molecule has 0 saturated heterocycles. The standard InChI is InChI=1S/C23H22Cl2F3N7O3/c1-13(36)10-29-21-30-19(31-35(21)17-5-3-2-4-16(17)25)12-34-22(38)33(11-18(37)23(26,27)28)20(32-34)14-6-8-15(24)9-7-14/h2-9,13,18,36-37H,10-12H2,1H3,(H,29,30,31). The maximum absolute atomic E-state index is 13.2. The highest BCUT2D eigenvalue weighted by Crippen LogP contribution is 2.25. The summed E-state index contributed by atoms with van der Waals surface area (Å²) < 4.78 is 42.3. The zero-order chi connectivity index (χ0) is 27.6. The number of aliphatic hydroxyl groups is 2. The maximum Gasteiger partial charge on any atom is 0.416 e. The topological polar surface area (TPSA) is 123 Å². The third-order valence-corrected chi connectivity index (χ3v) is 5.91. The Morgan fingerprint density at radius 3 is 2.37 bits per heavy atom. The summed E-state index contributed by atoms with van der Waals surface area (Å²) >= 11 is 12.2. The lowest BCUT2D eigenvalue weighted by Crippen LogP contribution is -2.37. The van der Waals surface area contributed by atoms with Crippen LogP contribution >= 0.6 is 23.2 Å². The smallest absolute Gasteiger partial charge is 0.392 e. The van der Waals surface area contributed by atoms with Crippen LogP contribution in [0.25, 0.3) is 17.1 Å². The fraction of sp³-hybridized carbons (Fsp3) is 0.304. The molecule has 2 aromatic carbocycles. The fourth-order valence-corrected chi connectivity index (χ4v) is 3.84. The monoisotopic (exact) mass is 571 g/mol. The van der Waals surface area contributed by atoms with E-state index >= 15 is 0 Å². The van der Waals surface area contributed by atoms with Gasteiger partial charge in [0.25, 0.3) is 0 Å². The van der Waals surface area contributed by atoms with Gasteiger partial charge in [-0.1, -0.05) is 35.3 Å². The van der Waals surface area contributed by atoms with Crippen molar-refractivity contribution < 1.29 is 23.4 Å². The van der Waals surface area contributed by atoms with Crippen molar-refractivity contribution in [2.75, 3.05) is 11.9 Å². The molecular weight excluding hydrogens is 550 g/mol. The van der Waals surface area contributed by atoms with Crippen LogP contribution in [0, 0.1) is 0 Å². The van der Waals surface area contributed by atoms with E-state index in [0.717, 1.165) is 9.25 Å². The molecule has 0 aliphatic heterocycles. The lowest BCUT2D eigenvalue weighted by Gasteiger charge is -2.15. The number of aromatic nitrogens is 6. The predicted molar refractivity (Wildman–Crippen MR) is 135 cm³/mol. The van der Waals surface area contributed by atoms with Crippen LogP contribution < -0.4 is 11.0 Å². The molecule has 4 aromatic rings. The van der Waals surface area contributed by atoms with E-state index in [9.17, 15) is 28.2 Å². The highest BCUT2D eigenvalue weighted by molar-refractivity contribution is 6.32. The summed E-state index contributed by atoms with van der Waals surface area (Å²) in [5.74, 6) is 0.198. The van der Waals surface area contributed by atoms with E-state index in [0.29, 0.717) is 21.3 Å². The van der Waals surface area contributed by atoms with Gasteiger partial charge in [0.2, 0.25) is 5.95 Å². The first-order valence-corrected chi connectivity index (χ1v) is 12.0. The quantitative estimate of drug-likeness (QED) is 0.281. The molecule has 0 saturated carbocycles. The van der Waals surface area contributed by atoms with Crippen molar-refractivity contribution in [2.24, 2.45) is 0 Å². The Labute approximate surface area is 223 Å². The van der Waals surface area contributed by atoms with Crippen molar-refractivity contribution in [2.45, 2.75) is 38.4 Å². The number of hydrogen-bond acceptors (Lipinski definition) is 7. The normalized spacial score (nSPS) is 13.5. The van der Waals surface area contributed by atoms with Gasteiger partial charge in [-0.3, -0.25) is 4.57 Å². The van der Waals surface area contributed by atoms with Gasteiger partial charge in [-0.2, -0.15) is 22.8 Å². The van der Waals surface area contributed by atoms with Crippen LogP contribution in [0.1, 0.15) is 12.7 Å². The number of nitrogens with one attached hydrogen (secondary N) is 1. The van der Waals surface area contributed by atoms with Gasteiger partial charge >= 0.3 is 11.9 Å². The van der Waals surface area contributed by atoms with Gasteiger partial charge in [0.1, 0.15) is 6.54 Å². The molecule has 202 valence electrons. The zero-order valence-corrected chi connectivity index (χ0v) is 21.3. The first-order valence-electron chi connectivity index (χ1n) is 11.2. The summed E-state index contributed by atoms with van der Waals surface area (Å²) in [6.07, 6.45) is -8.45. The molecule has 0 amide bonds. The second-order valence-electron chi connectivity index (χ2n) is 8.38. The number of aliphatic hydroxyl groups excluding tert-OH is 2. The van der Waals surface area contributed by atoms with Crippen molar-refractivity contribution >= 4 is 29.2 Å². The molecule has 2 unspecified atom stereocenters. The first kappa shape index (κ1) is 27.6. The molecule has 0 fully saturated rings. The van der Waals surface area contributed by atoms with Crippen LogP contribution in [0.5, 0.6) is 0 Å². The molecule has 2 atom stereocenters. The summed E-state index contributed by atoms with van der Waals surface area (Å²) in [7, 11) is 0. The van der Waals surface area contributed by atoms with Gasteiger partial charge in [0, 0.05) is 17.1 Å². The van der Waals surface area contributed by atoms with Crippen molar-refractivity contribution in [3.8, 4) is 17.1 Å². The van der Waals surface area contributed by atoms with Gasteiger partial charge in [0.15, 0.2) is 17.8 Å². The third kappa shape index (κ3) is 6.18. The van der Waals surface area contributed by atoms with E-state index in [1.807, 2.05) is 0 Å². The molecule has 15 heteroatoms. The Kier molecular flexibility index (Phi) is 8.11. The molecule has 0 aliphatic carbocycles. The molecular formula is C23H22Cl2F3N7O3. The van der Waals surface area contributed by atoms with Gasteiger partial charge in [-0.25, -0.2) is 9.48 Å². The summed E-state index contributed by atoms with van der Waals surface area (Å²) in [5.41, 5.74) is -0.131. The van der Waals surface area contributed by atoms with Crippen LogP contribution in [0.3, 0.4) is 0 Å². The van der Waals surface area contributed by atoms with E-state index in [1.165, 1.54) is 28.9 Å². The Hall–Kier alpha value is -3.39. The van der Waals surface area contributed by atoms with Crippen LogP contribution in [-0.4, -0.2) is 64.3 Å². The molecule has 0 spiro atoms. The van der Waals surface area contributed by atoms with Gasteiger partial charge in [0.05, 0.1) is 23.4 Å². The molecule has 2 aromatic heterocycles. The van der Waals surface area contributed by atoms with Gasteiger partial charge < -0.3 is 15.5 Å². The van der Waals surface area contributed by atoms with E-state index in [2.05, 4.69) is 20.5 Å². The SMILES string of the molecule is CC(O)CNc1nc(Cn2nc(-c3ccc(Cl)cc3)n(CC(O)C(F)(F)F)c2=O)nn1-c1ccccc1Cl. The molecule has 10 nitrogen and oxygen atoms in total. The highest BCUT2D eigenvalue weighted by Gasteiger charge is 2.39.